The molecule has 1 N–H and O–H groups in total. The van der Waals surface area contributed by atoms with E-state index in [0.717, 1.165) is 22.6 Å². The first-order valence-electron chi connectivity index (χ1n) is 7.83. The van der Waals surface area contributed by atoms with Gasteiger partial charge in [-0.2, -0.15) is 15.1 Å². The molecule has 0 fully saturated rings. The van der Waals surface area contributed by atoms with E-state index in [4.69, 9.17) is 17.0 Å². The molecule has 0 atom stereocenters. The van der Waals surface area contributed by atoms with Crippen LogP contribution in [0.1, 0.15) is 17.0 Å². The zero-order valence-electron chi connectivity index (χ0n) is 14.0. The summed E-state index contributed by atoms with van der Waals surface area (Å²) in [7, 11) is 0. The van der Waals surface area contributed by atoms with E-state index in [1.54, 1.807) is 11.6 Å². The molecule has 6 nitrogen and oxygen atoms in total. The molecular formula is C18H14ClN5OS. The number of halogens is 1. The van der Waals surface area contributed by atoms with Crippen molar-refractivity contribution in [2.45, 2.75) is 13.8 Å². The zero-order chi connectivity index (χ0) is 18.4. The molecule has 1 aromatic heterocycles. The molecule has 2 aliphatic heterocycles. The predicted octanol–water partition coefficient (Wildman–Crippen LogP) is 4.00. The molecule has 2 aliphatic rings. The number of aromatic nitrogens is 1. The lowest BCUT2D eigenvalue weighted by molar-refractivity contribution is -0.114. The fourth-order valence-corrected chi connectivity index (χ4v) is 3.75. The fourth-order valence-electron chi connectivity index (χ4n) is 3.01. The maximum atomic E-state index is 12.3. The van der Waals surface area contributed by atoms with E-state index in [1.165, 1.54) is 16.8 Å². The number of nitrogens with one attached hydrogen (secondary N) is 1. The molecule has 0 saturated heterocycles. The highest BCUT2D eigenvalue weighted by molar-refractivity contribution is 8.25. The van der Waals surface area contributed by atoms with Crippen LogP contribution in [0.3, 0.4) is 0 Å². The van der Waals surface area contributed by atoms with Gasteiger partial charge in [0.1, 0.15) is 0 Å². The molecule has 0 bridgehead atoms. The number of hydrogen-bond acceptors (Lipinski definition) is 4. The maximum absolute atomic E-state index is 12.3. The van der Waals surface area contributed by atoms with Crippen LogP contribution in [0.4, 0.5) is 0 Å². The van der Waals surface area contributed by atoms with Crippen molar-refractivity contribution in [2.75, 3.05) is 0 Å². The van der Waals surface area contributed by atoms with Crippen molar-refractivity contribution < 1.29 is 4.79 Å². The Morgan fingerprint density at radius 2 is 1.96 bits per heavy atom. The molecule has 2 aromatic rings. The average molecular weight is 384 g/mol. The Bertz CT molecular complexity index is 1030. The van der Waals surface area contributed by atoms with Gasteiger partial charge in [-0.25, -0.2) is 0 Å². The lowest BCUT2D eigenvalue weighted by atomic mass is 10.1. The lowest BCUT2D eigenvalue weighted by Crippen LogP contribution is -2.35. The molecule has 4 rings (SSSR count). The summed E-state index contributed by atoms with van der Waals surface area (Å²) >= 11 is 7.21. The summed E-state index contributed by atoms with van der Waals surface area (Å²) in [6, 6.07) is 9.55. The highest BCUT2D eigenvalue weighted by Gasteiger charge is 2.32. The third kappa shape index (κ3) is 2.69. The minimum absolute atomic E-state index is 0.0394. The van der Waals surface area contributed by atoms with Gasteiger partial charge in [-0.1, -0.05) is 11.6 Å². The van der Waals surface area contributed by atoms with Crippen molar-refractivity contribution in [3.05, 3.63) is 57.9 Å². The van der Waals surface area contributed by atoms with Crippen LogP contribution >= 0.6 is 23.4 Å². The van der Waals surface area contributed by atoms with Crippen molar-refractivity contribution >= 4 is 51.9 Å². The first-order chi connectivity index (χ1) is 12.5. The molecular weight excluding hydrogens is 370 g/mol. The first kappa shape index (κ1) is 16.8. The zero-order valence-corrected chi connectivity index (χ0v) is 15.6. The van der Waals surface area contributed by atoms with Crippen LogP contribution in [0.25, 0.3) is 11.8 Å². The molecule has 0 aliphatic carbocycles. The van der Waals surface area contributed by atoms with Gasteiger partial charge < -0.3 is 4.57 Å². The Morgan fingerprint density at radius 1 is 1.23 bits per heavy atom. The summed E-state index contributed by atoms with van der Waals surface area (Å²) in [6.45, 7) is 3.97. The molecule has 1 amide bonds. The Labute approximate surface area is 159 Å². The standard InChI is InChI=1S/C18H14ClN5OS/c1-10-7-12(11(2)23(10)14-5-3-13(19)4-6-14)8-15-16(20)24-18(22-17(15)25)26-9-21-24/h3-9,20H,1-2H3/b15-8+,20-16?. The van der Waals surface area contributed by atoms with Crippen LogP contribution in [-0.4, -0.2) is 32.0 Å². The van der Waals surface area contributed by atoms with Gasteiger partial charge in [-0.15, -0.1) is 0 Å². The monoisotopic (exact) mass is 383 g/mol. The number of nitrogens with zero attached hydrogens (tertiary/aromatic N) is 4. The van der Waals surface area contributed by atoms with Crippen LogP contribution in [0.5, 0.6) is 0 Å². The van der Waals surface area contributed by atoms with Crippen molar-refractivity contribution in [2.24, 2.45) is 10.1 Å². The van der Waals surface area contributed by atoms with Gasteiger partial charge in [-0.3, -0.25) is 10.2 Å². The number of benzene rings is 1. The summed E-state index contributed by atoms with van der Waals surface area (Å²) in [6.07, 6.45) is 1.71. The van der Waals surface area contributed by atoms with Gasteiger partial charge >= 0.3 is 0 Å². The summed E-state index contributed by atoms with van der Waals surface area (Å²) in [4.78, 5) is 16.4. The number of hydrazone groups is 1. The number of carbonyl (C=O) groups excluding carboxylic acids is 1. The van der Waals surface area contributed by atoms with Gasteiger partial charge in [0.25, 0.3) is 5.91 Å². The second-order valence-corrected chi connectivity index (χ2v) is 7.14. The highest BCUT2D eigenvalue weighted by Crippen LogP contribution is 2.28. The number of rotatable bonds is 2. The third-order valence-corrected chi connectivity index (χ3v) is 5.18. The van der Waals surface area contributed by atoms with Gasteiger partial charge in [-0.05, 0) is 67.6 Å². The molecule has 0 saturated carbocycles. The van der Waals surface area contributed by atoms with E-state index < -0.39 is 5.91 Å². The van der Waals surface area contributed by atoms with Crippen molar-refractivity contribution in [3.8, 4) is 5.69 Å². The highest BCUT2D eigenvalue weighted by atomic mass is 35.5. The van der Waals surface area contributed by atoms with Crippen molar-refractivity contribution in [1.29, 1.82) is 5.41 Å². The second kappa shape index (κ2) is 6.26. The Balaban J connectivity index is 1.78. The van der Waals surface area contributed by atoms with Crippen molar-refractivity contribution in [3.63, 3.8) is 0 Å². The quantitative estimate of drug-likeness (QED) is 0.796. The Morgan fingerprint density at radius 3 is 2.69 bits per heavy atom. The number of aliphatic imine (C=N–C) groups is 1. The Hall–Kier alpha value is -2.64. The van der Waals surface area contributed by atoms with Crippen LogP contribution in [0.15, 0.2) is 46.0 Å². The summed E-state index contributed by atoms with van der Waals surface area (Å²) in [5.41, 5.74) is 5.62. The molecule has 130 valence electrons. The van der Waals surface area contributed by atoms with E-state index in [9.17, 15) is 4.79 Å². The minimum atomic E-state index is -0.421. The van der Waals surface area contributed by atoms with Crippen LogP contribution in [0.2, 0.25) is 5.02 Å². The van der Waals surface area contributed by atoms with Gasteiger partial charge in [0.05, 0.1) is 11.1 Å². The Kier molecular flexibility index (Phi) is 4.05. The number of thioether (sulfide) groups is 1. The predicted molar refractivity (Wildman–Crippen MR) is 106 cm³/mol. The second-order valence-electron chi connectivity index (χ2n) is 5.89. The number of carbonyl (C=O) groups is 1. The summed E-state index contributed by atoms with van der Waals surface area (Å²) in [5, 5.41) is 14.8. The third-order valence-electron chi connectivity index (χ3n) is 4.25. The normalized spacial score (nSPS) is 17.9. The van der Waals surface area contributed by atoms with E-state index in [-0.39, 0.29) is 11.4 Å². The number of amides is 1. The molecule has 1 aromatic carbocycles. The van der Waals surface area contributed by atoms with Crippen molar-refractivity contribution in [1.82, 2.24) is 9.58 Å². The summed E-state index contributed by atoms with van der Waals surface area (Å²) < 4.78 is 2.08. The molecule has 0 spiro atoms. The molecule has 3 heterocycles. The molecule has 0 unspecified atom stereocenters. The smallest absolute Gasteiger partial charge is 0.283 e. The van der Waals surface area contributed by atoms with E-state index >= 15 is 0 Å². The number of fused-ring (bicyclic) bond motifs is 1. The van der Waals surface area contributed by atoms with Gasteiger partial charge in [0.2, 0.25) is 0 Å². The molecule has 8 heteroatoms. The number of aryl methyl sites for hydroxylation is 1. The average Bonchev–Trinajstić information content (AvgIpc) is 3.17. The van der Waals surface area contributed by atoms with E-state index in [0.29, 0.717) is 10.2 Å². The molecule has 0 radical (unpaired) electrons. The fraction of sp³-hybridized carbons (Fsp3) is 0.111. The topological polar surface area (TPSA) is 73.8 Å². The van der Waals surface area contributed by atoms with E-state index in [2.05, 4.69) is 14.7 Å². The lowest BCUT2D eigenvalue weighted by Gasteiger charge is -2.20. The van der Waals surface area contributed by atoms with Crippen LogP contribution < -0.4 is 0 Å². The maximum Gasteiger partial charge on any atom is 0.283 e. The SMILES string of the molecule is Cc1cc(/C=C2\C(=N)N3N=CSC3=NC2=O)c(C)n1-c1ccc(Cl)cc1. The minimum Gasteiger partial charge on any atom is -0.318 e. The van der Waals surface area contributed by atoms with E-state index in [1.807, 2.05) is 44.2 Å². The summed E-state index contributed by atoms with van der Waals surface area (Å²) in [5.74, 6) is -0.381. The largest absolute Gasteiger partial charge is 0.318 e. The van der Waals surface area contributed by atoms with Crippen LogP contribution in [0, 0.1) is 19.3 Å². The number of hydrogen-bond donors (Lipinski definition) is 1. The first-order valence-corrected chi connectivity index (χ1v) is 9.09. The van der Waals surface area contributed by atoms with Gasteiger partial charge in [0.15, 0.2) is 11.0 Å². The molecule has 26 heavy (non-hydrogen) atoms. The van der Waals surface area contributed by atoms with Gasteiger partial charge in [0, 0.05) is 22.1 Å². The number of amidine groups is 2. The van der Waals surface area contributed by atoms with Crippen LogP contribution in [-0.2, 0) is 4.79 Å².